The van der Waals surface area contributed by atoms with Gasteiger partial charge in [0.15, 0.2) is 0 Å². The molecule has 0 aromatic heterocycles. The Kier molecular flexibility index (Phi) is 4.67. The summed E-state index contributed by atoms with van der Waals surface area (Å²) in [6.07, 6.45) is 2.78. The molecule has 0 amide bonds. The Hall–Kier alpha value is -0.820. The van der Waals surface area contributed by atoms with Gasteiger partial charge in [0, 0.05) is 6.04 Å². The van der Waals surface area contributed by atoms with Gasteiger partial charge in [-0.3, -0.25) is 0 Å². The third kappa shape index (κ3) is 3.39. The number of hydrogen-bond acceptors (Lipinski definition) is 1. The summed E-state index contributed by atoms with van der Waals surface area (Å²) in [5.41, 5.74) is 4.56. The lowest BCUT2D eigenvalue weighted by Gasteiger charge is -2.24. The summed E-state index contributed by atoms with van der Waals surface area (Å²) in [7, 11) is 0. The van der Waals surface area contributed by atoms with Gasteiger partial charge in [0.05, 0.1) is 0 Å². The van der Waals surface area contributed by atoms with Crippen molar-refractivity contribution in [1.29, 1.82) is 0 Å². The maximum atomic E-state index is 3.70. The fourth-order valence-electron chi connectivity index (χ4n) is 2.92. The molecule has 1 saturated carbocycles. The SMILES string of the molecule is CCNC(c1ccc(C(C)C)cc1C(C)C)C1CC1. The molecule has 1 atom stereocenters. The van der Waals surface area contributed by atoms with Crippen molar-refractivity contribution >= 4 is 0 Å². The average molecular weight is 259 g/mol. The van der Waals surface area contributed by atoms with E-state index in [2.05, 4.69) is 58.1 Å². The van der Waals surface area contributed by atoms with Crippen molar-refractivity contribution < 1.29 is 0 Å². The van der Waals surface area contributed by atoms with Crippen LogP contribution in [0.1, 0.15) is 82.0 Å². The van der Waals surface area contributed by atoms with Crippen LogP contribution in [0.3, 0.4) is 0 Å². The topological polar surface area (TPSA) is 12.0 Å². The first-order valence-corrected chi connectivity index (χ1v) is 7.91. The van der Waals surface area contributed by atoms with E-state index >= 15 is 0 Å². The molecule has 1 aliphatic carbocycles. The number of rotatable bonds is 6. The smallest absolute Gasteiger partial charge is 0.0351 e. The van der Waals surface area contributed by atoms with Crippen molar-refractivity contribution in [2.45, 2.75) is 65.3 Å². The lowest BCUT2D eigenvalue weighted by atomic mass is 9.87. The van der Waals surface area contributed by atoms with Crippen LogP contribution in [0.15, 0.2) is 18.2 Å². The maximum absolute atomic E-state index is 3.70. The zero-order chi connectivity index (χ0) is 14.0. The van der Waals surface area contributed by atoms with Crippen molar-refractivity contribution in [2.24, 2.45) is 5.92 Å². The fraction of sp³-hybridized carbons (Fsp3) is 0.667. The quantitative estimate of drug-likeness (QED) is 0.758. The van der Waals surface area contributed by atoms with Gasteiger partial charge in [-0.1, -0.05) is 52.8 Å². The van der Waals surface area contributed by atoms with E-state index in [9.17, 15) is 0 Å². The van der Waals surface area contributed by atoms with Crippen molar-refractivity contribution in [2.75, 3.05) is 6.54 Å². The molecule has 1 fully saturated rings. The molecular weight excluding hydrogens is 230 g/mol. The molecule has 0 heterocycles. The molecule has 1 aromatic rings. The monoisotopic (exact) mass is 259 g/mol. The van der Waals surface area contributed by atoms with Gasteiger partial charge in [0.25, 0.3) is 0 Å². The van der Waals surface area contributed by atoms with Gasteiger partial charge in [-0.25, -0.2) is 0 Å². The molecule has 1 aromatic carbocycles. The Morgan fingerprint density at radius 3 is 2.21 bits per heavy atom. The molecule has 1 nitrogen and oxygen atoms in total. The van der Waals surface area contributed by atoms with E-state index in [1.807, 2.05) is 0 Å². The normalized spacial score (nSPS) is 17.2. The minimum Gasteiger partial charge on any atom is -0.310 e. The summed E-state index contributed by atoms with van der Waals surface area (Å²) in [6, 6.07) is 7.73. The van der Waals surface area contributed by atoms with E-state index in [0.29, 0.717) is 17.9 Å². The van der Waals surface area contributed by atoms with Crippen LogP contribution < -0.4 is 5.32 Å². The molecule has 106 valence electrons. The highest BCUT2D eigenvalue weighted by molar-refractivity contribution is 5.38. The Morgan fingerprint density at radius 2 is 1.74 bits per heavy atom. The molecular formula is C18H29N. The molecule has 0 radical (unpaired) electrons. The summed E-state index contributed by atoms with van der Waals surface area (Å²) in [5.74, 6) is 2.08. The van der Waals surface area contributed by atoms with Gasteiger partial charge >= 0.3 is 0 Å². The minimum atomic E-state index is 0.573. The van der Waals surface area contributed by atoms with Crippen LogP contribution >= 0.6 is 0 Å². The summed E-state index contributed by atoms with van der Waals surface area (Å²) < 4.78 is 0. The van der Waals surface area contributed by atoms with Gasteiger partial charge in [-0.15, -0.1) is 0 Å². The first kappa shape index (κ1) is 14.6. The predicted molar refractivity (Wildman–Crippen MR) is 83.8 cm³/mol. The molecule has 0 bridgehead atoms. The van der Waals surface area contributed by atoms with Gasteiger partial charge < -0.3 is 5.32 Å². The molecule has 2 rings (SSSR count). The highest BCUT2D eigenvalue weighted by Crippen LogP contribution is 2.43. The molecule has 1 unspecified atom stereocenters. The lowest BCUT2D eigenvalue weighted by Crippen LogP contribution is -2.24. The van der Waals surface area contributed by atoms with Gasteiger partial charge in [-0.2, -0.15) is 0 Å². The average Bonchev–Trinajstić information content (AvgIpc) is 3.19. The second kappa shape index (κ2) is 6.09. The van der Waals surface area contributed by atoms with E-state index in [1.165, 1.54) is 18.4 Å². The maximum Gasteiger partial charge on any atom is 0.0351 e. The van der Waals surface area contributed by atoms with Crippen molar-refractivity contribution in [1.82, 2.24) is 5.32 Å². The van der Waals surface area contributed by atoms with Crippen LogP contribution in [0.25, 0.3) is 0 Å². The van der Waals surface area contributed by atoms with Crippen molar-refractivity contribution in [3.05, 3.63) is 34.9 Å². The van der Waals surface area contributed by atoms with E-state index in [0.717, 1.165) is 12.5 Å². The van der Waals surface area contributed by atoms with Crippen LogP contribution in [0.4, 0.5) is 0 Å². The minimum absolute atomic E-state index is 0.573. The van der Waals surface area contributed by atoms with Gasteiger partial charge in [-0.05, 0) is 53.8 Å². The Labute approximate surface area is 118 Å². The first-order chi connectivity index (χ1) is 9.04. The van der Waals surface area contributed by atoms with Crippen LogP contribution in [0.5, 0.6) is 0 Å². The third-order valence-electron chi connectivity index (χ3n) is 4.25. The Bertz CT molecular complexity index is 416. The molecule has 1 N–H and O–H groups in total. The van der Waals surface area contributed by atoms with Gasteiger partial charge in [0.1, 0.15) is 0 Å². The number of hydrogen-bond donors (Lipinski definition) is 1. The van der Waals surface area contributed by atoms with E-state index < -0.39 is 0 Å². The molecule has 1 aliphatic rings. The molecule has 0 saturated heterocycles. The third-order valence-corrected chi connectivity index (χ3v) is 4.25. The van der Waals surface area contributed by atoms with Gasteiger partial charge in [0.2, 0.25) is 0 Å². The number of nitrogens with one attached hydrogen (secondary N) is 1. The highest BCUT2D eigenvalue weighted by atomic mass is 14.9. The van der Waals surface area contributed by atoms with E-state index in [1.54, 1.807) is 11.1 Å². The largest absolute Gasteiger partial charge is 0.310 e. The van der Waals surface area contributed by atoms with Crippen LogP contribution in [-0.4, -0.2) is 6.54 Å². The lowest BCUT2D eigenvalue weighted by molar-refractivity contribution is 0.490. The fourth-order valence-corrected chi connectivity index (χ4v) is 2.92. The second-order valence-electron chi connectivity index (χ2n) is 6.57. The van der Waals surface area contributed by atoms with Crippen molar-refractivity contribution in [3.63, 3.8) is 0 Å². The number of benzene rings is 1. The summed E-state index contributed by atoms with van der Waals surface area (Å²) in [4.78, 5) is 0. The second-order valence-corrected chi connectivity index (χ2v) is 6.57. The Balaban J connectivity index is 2.37. The van der Waals surface area contributed by atoms with Crippen LogP contribution in [0, 0.1) is 5.92 Å². The molecule has 19 heavy (non-hydrogen) atoms. The van der Waals surface area contributed by atoms with E-state index in [4.69, 9.17) is 0 Å². The Morgan fingerprint density at radius 1 is 1.05 bits per heavy atom. The standard InChI is InChI=1S/C18H29N/c1-6-19-18(14-7-8-14)16-10-9-15(12(2)3)11-17(16)13(4)5/h9-14,18-19H,6-8H2,1-5H3. The van der Waals surface area contributed by atoms with Crippen molar-refractivity contribution in [3.8, 4) is 0 Å². The summed E-state index contributed by atoms with van der Waals surface area (Å²) >= 11 is 0. The zero-order valence-corrected chi connectivity index (χ0v) is 13.2. The highest BCUT2D eigenvalue weighted by Gasteiger charge is 2.33. The van der Waals surface area contributed by atoms with Crippen LogP contribution in [-0.2, 0) is 0 Å². The summed E-state index contributed by atoms with van der Waals surface area (Å²) in [6.45, 7) is 12.5. The predicted octanol–water partition coefficient (Wildman–Crippen LogP) is 4.99. The van der Waals surface area contributed by atoms with E-state index in [-0.39, 0.29) is 0 Å². The molecule has 0 spiro atoms. The molecule has 1 heteroatoms. The summed E-state index contributed by atoms with van der Waals surface area (Å²) in [5, 5.41) is 3.70. The first-order valence-electron chi connectivity index (χ1n) is 7.91. The zero-order valence-electron chi connectivity index (χ0n) is 13.2. The van der Waals surface area contributed by atoms with Crippen LogP contribution in [0.2, 0.25) is 0 Å². The molecule has 0 aliphatic heterocycles.